The van der Waals surface area contributed by atoms with Crippen molar-refractivity contribution < 1.29 is 14.6 Å². The minimum atomic E-state index is -0.628. The van der Waals surface area contributed by atoms with Crippen LogP contribution in [0.1, 0.15) is 33.5 Å². The maximum Gasteiger partial charge on any atom is 0.271 e. The van der Waals surface area contributed by atoms with Gasteiger partial charge in [0.15, 0.2) is 5.78 Å². The third-order valence-corrected chi connectivity index (χ3v) is 4.08. The highest BCUT2D eigenvalue weighted by Gasteiger charge is 2.24. The summed E-state index contributed by atoms with van der Waals surface area (Å²) >= 11 is 5.92. The van der Waals surface area contributed by atoms with E-state index in [-0.39, 0.29) is 28.8 Å². The van der Waals surface area contributed by atoms with Gasteiger partial charge in [0.25, 0.3) is 5.56 Å². The Morgan fingerprint density at radius 2 is 2.16 bits per heavy atom. The molecule has 0 bridgehead atoms. The van der Waals surface area contributed by atoms with E-state index in [4.69, 9.17) is 16.3 Å². The second kappa shape index (κ2) is 7.97. The van der Waals surface area contributed by atoms with Crippen molar-refractivity contribution in [3.8, 4) is 11.9 Å². The van der Waals surface area contributed by atoms with Crippen molar-refractivity contribution in [2.75, 3.05) is 13.7 Å². The number of ether oxygens (including phenoxy) is 1. The Labute approximate surface area is 149 Å². The Hall–Kier alpha value is -2.62. The molecule has 130 valence electrons. The number of nitriles is 1. The van der Waals surface area contributed by atoms with Gasteiger partial charge in [-0.25, -0.2) is 0 Å². The summed E-state index contributed by atoms with van der Waals surface area (Å²) in [4.78, 5) is 25.2. The van der Waals surface area contributed by atoms with Gasteiger partial charge in [-0.2, -0.15) is 5.26 Å². The number of ketones is 1. The highest BCUT2D eigenvalue weighted by Crippen LogP contribution is 2.26. The first-order chi connectivity index (χ1) is 11.9. The molecule has 1 heterocycles. The molecule has 0 unspecified atom stereocenters. The van der Waals surface area contributed by atoms with Crippen molar-refractivity contribution in [1.82, 2.24) is 4.57 Å². The SMILES string of the molecule is COCCCn1c(O)c(C(=O)c2cccc(Cl)c2)c(C)c(C#N)c1=O. The molecule has 0 amide bonds. The molecule has 0 spiro atoms. The molecule has 1 N–H and O–H groups in total. The lowest BCUT2D eigenvalue weighted by molar-refractivity contribution is 0.103. The number of carbonyl (C=O) groups excluding carboxylic acids is 1. The van der Waals surface area contributed by atoms with E-state index in [1.807, 2.05) is 6.07 Å². The van der Waals surface area contributed by atoms with Crippen LogP contribution in [0.25, 0.3) is 0 Å². The highest BCUT2D eigenvalue weighted by atomic mass is 35.5. The van der Waals surface area contributed by atoms with Crippen molar-refractivity contribution in [2.24, 2.45) is 0 Å². The van der Waals surface area contributed by atoms with Crippen molar-refractivity contribution in [3.63, 3.8) is 0 Å². The smallest absolute Gasteiger partial charge is 0.271 e. The fraction of sp³-hybridized carbons (Fsp3) is 0.278. The molecule has 0 aliphatic rings. The number of pyridine rings is 1. The molecule has 0 atom stereocenters. The summed E-state index contributed by atoms with van der Waals surface area (Å²) in [6.45, 7) is 1.97. The van der Waals surface area contributed by atoms with Crippen LogP contribution in [0.3, 0.4) is 0 Å². The standard InChI is InChI=1S/C18H17ClN2O4/c1-11-14(10-20)17(23)21(7-4-8-25-2)18(24)15(11)16(22)12-5-3-6-13(19)9-12/h3,5-6,9,24H,4,7-8H2,1-2H3. The van der Waals surface area contributed by atoms with Crippen LogP contribution < -0.4 is 5.56 Å². The fourth-order valence-electron chi connectivity index (χ4n) is 2.57. The number of aromatic hydroxyl groups is 1. The van der Waals surface area contributed by atoms with Crippen molar-refractivity contribution in [3.05, 3.63) is 61.9 Å². The lowest BCUT2D eigenvalue weighted by atomic mass is 9.97. The van der Waals surface area contributed by atoms with Crippen LogP contribution in [0.4, 0.5) is 0 Å². The number of benzene rings is 1. The van der Waals surface area contributed by atoms with Crippen LogP contribution in [0, 0.1) is 18.3 Å². The van der Waals surface area contributed by atoms with Crippen molar-refractivity contribution >= 4 is 17.4 Å². The summed E-state index contributed by atoms with van der Waals surface area (Å²) in [5.41, 5.74) is -0.456. The molecule has 0 radical (unpaired) electrons. The van der Waals surface area contributed by atoms with E-state index < -0.39 is 17.2 Å². The minimum Gasteiger partial charge on any atom is -0.494 e. The first-order valence-corrected chi connectivity index (χ1v) is 7.95. The van der Waals surface area contributed by atoms with Crippen LogP contribution in [-0.4, -0.2) is 29.2 Å². The monoisotopic (exact) mass is 360 g/mol. The molecule has 1 aromatic heterocycles. The van der Waals surface area contributed by atoms with Gasteiger partial charge in [0.1, 0.15) is 11.6 Å². The van der Waals surface area contributed by atoms with Crippen LogP contribution >= 0.6 is 11.6 Å². The second-order valence-corrected chi connectivity index (χ2v) is 5.89. The number of hydrogen-bond donors (Lipinski definition) is 1. The van der Waals surface area contributed by atoms with Gasteiger partial charge in [-0.05, 0) is 31.0 Å². The molecule has 0 aliphatic heterocycles. The molecule has 2 aromatic rings. The topological polar surface area (TPSA) is 92.3 Å². The van der Waals surface area contributed by atoms with Crippen LogP contribution in [0.2, 0.25) is 5.02 Å². The van der Waals surface area contributed by atoms with Gasteiger partial charge < -0.3 is 9.84 Å². The zero-order valence-corrected chi connectivity index (χ0v) is 14.6. The normalized spacial score (nSPS) is 10.5. The lowest BCUT2D eigenvalue weighted by Crippen LogP contribution is -2.27. The van der Waals surface area contributed by atoms with Crippen LogP contribution in [0.15, 0.2) is 29.1 Å². The van der Waals surface area contributed by atoms with Gasteiger partial charge in [0.05, 0.1) is 5.56 Å². The zero-order valence-electron chi connectivity index (χ0n) is 13.9. The third-order valence-electron chi connectivity index (χ3n) is 3.84. The van der Waals surface area contributed by atoms with Crippen LogP contribution in [0.5, 0.6) is 5.88 Å². The summed E-state index contributed by atoms with van der Waals surface area (Å²) in [5, 5.41) is 20.2. The Morgan fingerprint density at radius 3 is 2.76 bits per heavy atom. The molecular weight excluding hydrogens is 344 g/mol. The van der Waals surface area contributed by atoms with Gasteiger partial charge in [0.2, 0.25) is 5.88 Å². The van der Waals surface area contributed by atoms with E-state index >= 15 is 0 Å². The predicted octanol–water partition coefficient (Wildman–Crippen LogP) is 2.65. The molecular formula is C18H17ClN2O4. The van der Waals surface area contributed by atoms with Gasteiger partial charge in [-0.1, -0.05) is 23.7 Å². The van der Waals surface area contributed by atoms with E-state index in [9.17, 15) is 20.0 Å². The molecule has 6 nitrogen and oxygen atoms in total. The molecule has 7 heteroatoms. The van der Waals surface area contributed by atoms with Crippen molar-refractivity contribution in [2.45, 2.75) is 19.9 Å². The maximum absolute atomic E-state index is 12.8. The average Bonchev–Trinajstić information content (AvgIpc) is 2.58. The second-order valence-electron chi connectivity index (χ2n) is 5.45. The Balaban J connectivity index is 2.64. The average molecular weight is 361 g/mol. The third kappa shape index (κ3) is 3.73. The molecule has 1 aromatic carbocycles. The van der Waals surface area contributed by atoms with E-state index in [1.54, 1.807) is 18.2 Å². The fourth-order valence-corrected chi connectivity index (χ4v) is 2.76. The quantitative estimate of drug-likeness (QED) is 0.631. The number of hydrogen-bond acceptors (Lipinski definition) is 5. The van der Waals surface area contributed by atoms with E-state index in [2.05, 4.69) is 0 Å². The summed E-state index contributed by atoms with van der Waals surface area (Å²) in [5.74, 6) is -0.961. The van der Waals surface area contributed by atoms with Crippen LogP contribution in [-0.2, 0) is 11.3 Å². The maximum atomic E-state index is 12.8. The van der Waals surface area contributed by atoms with E-state index in [0.717, 1.165) is 4.57 Å². The largest absolute Gasteiger partial charge is 0.494 e. The first-order valence-electron chi connectivity index (χ1n) is 7.58. The van der Waals surface area contributed by atoms with E-state index in [1.165, 1.54) is 20.1 Å². The minimum absolute atomic E-state index is 0.0733. The Bertz CT molecular complexity index is 913. The summed E-state index contributed by atoms with van der Waals surface area (Å²) in [6.07, 6.45) is 0.447. The number of rotatable bonds is 6. The molecule has 0 saturated heterocycles. The summed E-state index contributed by atoms with van der Waals surface area (Å²) in [7, 11) is 1.52. The summed E-state index contributed by atoms with van der Waals surface area (Å²) in [6, 6.07) is 8.08. The molecule has 2 rings (SSSR count). The van der Waals surface area contributed by atoms with E-state index in [0.29, 0.717) is 18.1 Å². The number of nitrogens with zero attached hydrogens (tertiary/aromatic N) is 2. The van der Waals surface area contributed by atoms with Gasteiger partial charge in [-0.15, -0.1) is 0 Å². The highest BCUT2D eigenvalue weighted by molar-refractivity contribution is 6.31. The first kappa shape index (κ1) is 18.7. The molecule has 0 fully saturated rings. The number of carbonyl (C=O) groups is 1. The lowest BCUT2D eigenvalue weighted by Gasteiger charge is -2.15. The van der Waals surface area contributed by atoms with Gasteiger partial charge >= 0.3 is 0 Å². The summed E-state index contributed by atoms with van der Waals surface area (Å²) < 4.78 is 5.97. The van der Waals surface area contributed by atoms with Gasteiger partial charge in [-0.3, -0.25) is 14.2 Å². The zero-order chi connectivity index (χ0) is 18.6. The van der Waals surface area contributed by atoms with Crippen molar-refractivity contribution in [1.29, 1.82) is 5.26 Å². The van der Waals surface area contributed by atoms with Gasteiger partial charge in [0, 0.05) is 30.8 Å². The predicted molar refractivity (Wildman–Crippen MR) is 93.2 cm³/mol. The molecule has 0 aliphatic carbocycles. The Kier molecular flexibility index (Phi) is 5.97. The number of halogens is 1. The molecule has 25 heavy (non-hydrogen) atoms. The number of aromatic nitrogens is 1. The Morgan fingerprint density at radius 1 is 1.44 bits per heavy atom. The number of methoxy groups -OCH3 is 1. The molecule has 0 saturated carbocycles.